The maximum absolute atomic E-state index is 12.6. The largest absolute Gasteiger partial charge is 0.419 e. The summed E-state index contributed by atoms with van der Waals surface area (Å²) in [6.07, 6.45) is 3.02. The van der Waals surface area contributed by atoms with Crippen molar-refractivity contribution in [1.29, 1.82) is 0 Å². The van der Waals surface area contributed by atoms with Crippen molar-refractivity contribution in [2.24, 2.45) is 14.1 Å². The van der Waals surface area contributed by atoms with Gasteiger partial charge in [-0.3, -0.25) is 9.36 Å². The van der Waals surface area contributed by atoms with Gasteiger partial charge in [-0.15, -0.1) is 0 Å². The summed E-state index contributed by atoms with van der Waals surface area (Å²) in [5, 5.41) is 2.83. The highest BCUT2D eigenvalue weighted by atomic mass is 16.4. The van der Waals surface area contributed by atoms with Crippen molar-refractivity contribution in [2.75, 3.05) is 5.73 Å². The SMILES string of the molecule is Cn1cc(N)c2ncnc(C(=O)NCc3ccc4oc(=O)n(C)c4c3)c21. The van der Waals surface area contributed by atoms with E-state index in [4.69, 9.17) is 10.2 Å². The first-order valence-corrected chi connectivity index (χ1v) is 7.88. The minimum Gasteiger partial charge on any atom is -0.408 e. The molecule has 3 aromatic heterocycles. The number of amides is 1. The van der Waals surface area contributed by atoms with Gasteiger partial charge in [-0.05, 0) is 17.7 Å². The lowest BCUT2D eigenvalue weighted by Crippen LogP contribution is -2.24. The van der Waals surface area contributed by atoms with E-state index in [0.717, 1.165) is 5.56 Å². The highest BCUT2D eigenvalue weighted by molar-refractivity contribution is 6.05. The molecule has 3 heterocycles. The van der Waals surface area contributed by atoms with E-state index >= 15 is 0 Å². The first-order chi connectivity index (χ1) is 12.5. The average Bonchev–Trinajstić information content (AvgIpc) is 3.09. The second-order valence-corrected chi connectivity index (χ2v) is 6.03. The molecule has 0 saturated carbocycles. The molecule has 4 aromatic rings. The Labute approximate surface area is 147 Å². The van der Waals surface area contributed by atoms with Crippen molar-refractivity contribution in [2.45, 2.75) is 6.54 Å². The topological polar surface area (TPSA) is 121 Å². The molecule has 0 bridgehead atoms. The first kappa shape index (κ1) is 15.9. The van der Waals surface area contributed by atoms with Gasteiger partial charge in [0.1, 0.15) is 17.4 Å². The van der Waals surface area contributed by atoms with Crippen molar-refractivity contribution in [1.82, 2.24) is 24.4 Å². The number of fused-ring (bicyclic) bond motifs is 2. The molecule has 9 nitrogen and oxygen atoms in total. The number of benzene rings is 1. The van der Waals surface area contributed by atoms with Crippen LogP contribution in [0, 0.1) is 0 Å². The van der Waals surface area contributed by atoms with Crippen LogP contribution in [0.15, 0.2) is 39.9 Å². The van der Waals surface area contributed by atoms with Gasteiger partial charge in [-0.2, -0.15) is 0 Å². The summed E-state index contributed by atoms with van der Waals surface area (Å²) >= 11 is 0. The third-order valence-corrected chi connectivity index (χ3v) is 4.31. The smallest absolute Gasteiger partial charge is 0.408 e. The molecular formula is C17H16N6O3. The van der Waals surface area contributed by atoms with Crippen molar-refractivity contribution >= 4 is 33.7 Å². The molecule has 0 radical (unpaired) electrons. The lowest BCUT2D eigenvalue weighted by atomic mass is 10.2. The number of nitrogen functional groups attached to an aromatic ring is 1. The number of oxazole rings is 1. The molecule has 9 heteroatoms. The molecular weight excluding hydrogens is 336 g/mol. The number of aryl methyl sites for hydroxylation is 2. The van der Waals surface area contributed by atoms with Gasteiger partial charge < -0.3 is 20.0 Å². The van der Waals surface area contributed by atoms with Gasteiger partial charge in [0.05, 0.1) is 11.2 Å². The minimum absolute atomic E-state index is 0.256. The number of hydrogen-bond donors (Lipinski definition) is 2. The van der Waals surface area contributed by atoms with E-state index in [1.807, 2.05) is 0 Å². The summed E-state index contributed by atoms with van der Waals surface area (Å²) in [4.78, 5) is 32.4. The molecule has 4 rings (SSSR count). The Balaban J connectivity index is 1.62. The van der Waals surface area contributed by atoms with Crippen LogP contribution in [-0.4, -0.2) is 25.0 Å². The van der Waals surface area contributed by atoms with E-state index < -0.39 is 5.76 Å². The van der Waals surface area contributed by atoms with Gasteiger partial charge in [-0.25, -0.2) is 14.8 Å². The average molecular weight is 352 g/mol. The first-order valence-electron chi connectivity index (χ1n) is 7.88. The Morgan fingerprint density at radius 2 is 2.12 bits per heavy atom. The summed E-state index contributed by atoms with van der Waals surface area (Å²) in [6.45, 7) is 0.277. The van der Waals surface area contributed by atoms with Gasteiger partial charge >= 0.3 is 5.76 Å². The Kier molecular flexibility index (Phi) is 3.50. The number of nitrogens with one attached hydrogen (secondary N) is 1. The normalized spacial score (nSPS) is 11.3. The lowest BCUT2D eigenvalue weighted by Gasteiger charge is -2.07. The van der Waals surface area contributed by atoms with Crippen molar-refractivity contribution < 1.29 is 9.21 Å². The van der Waals surface area contributed by atoms with Gasteiger partial charge in [-0.1, -0.05) is 6.07 Å². The number of anilines is 1. The van der Waals surface area contributed by atoms with E-state index in [1.165, 1.54) is 10.9 Å². The standard InChI is InChI=1S/C17H16N6O3/c1-22-7-10(18)13-15(22)14(21-8-20-13)16(24)19-6-9-3-4-12-11(5-9)23(2)17(25)26-12/h3-5,7-8H,6,18H2,1-2H3,(H,19,24). The van der Waals surface area contributed by atoms with Gasteiger partial charge in [0, 0.05) is 26.8 Å². The van der Waals surface area contributed by atoms with Crippen molar-refractivity contribution in [3.63, 3.8) is 0 Å². The Morgan fingerprint density at radius 1 is 1.31 bits per heavy atom. The van der Waals surface area contributed by atoms with Crippen LogP contribution in [0.3, 0.4) is 0 Å². The van der Waals surface area contributed by atoms with E-state index in [2.05, 4.69) is 15.3 Å². The van der Waals surface area contributed by atoms with Crippen LogP contribution in [0.25, 0.3) is 22.1 Å². The van der Waals surface area contributed by atoms with Crippen LogP contribution >= 0.6 is 0 Å². The number of rotatable bonds is 3. The molecule has 132 valence electrons. The Hall–Kier alpha value is -3.62. The predicted octanol–water partition coefficient (Wildman–Crippen LogP) is 0.925. The molecule has 0 spiro atoms. The summed E-state index contributed by atoms with van der Waals surface area (Å²) < 4.78 is 8.25. The quantitative estimate of drug-likeness (QED) is 0.566. The molecule has 0 unspecified atom stereocenters. The zero-order chi connectivity index (χ0) is 18.4. The second kappa shape index (κ2) is 5.73. The Morgan fingerprint density at radius 3 is 2.92 bits per heavy atom. The number of nitrogens with zero attached hydrogens (tertiary/aromatic N) is 4. The minimum atomic E-state index is -0.425. The molecule has 1 amide bonds. The fourth-order valence-electron chi connectivity index (χ4n) is 2.97. The zero-order valence-corrected chi connectivity index (χ0v) is 14.2. The van der Waals surface area contributed by atoms with Crippen LogP contribution in [-0.2, 0) is 20.6 Å². The molecule has 0 fully saturated rings. The molecule has 0 aliphatic carbocycles. The lowest BCUT2D eigenvalue weighted by molar-refractivity contribution is 0.0947. The number of hydrogen-bond acceptors (Lipinski definition) is 6. The maximum Gasteiger partial charge on any atom is 0.419 e. The fraction of sp³-hybridized carbons (Fsp3) is 0.176. The number of carbonyl (C=O) groups is 1. The van der Waals surface area contributed by atoms with Crippen LogP contribution in [0.5, 0.6) is 0 Å². The molecule has 0 atom stereocenters. The van der Waals surface area contributed by atoms with Crippen molar-refractivity contribution in [3.05, 3.63) is 52.5 Å². The van der Waals surface area contributed by atoms with Gasteiger partial charge in [0.15, 0.2) is 11.3 Å². The molecule has 0 aliphatic rings. The summed E-state index contributed by atoms with van der Waals surface area (Å²) in [6, 6.07) is 5.30. The summed E-state index contributed by atoms with van der Waals surface area (Å²) in [7, 11) is 3.42. The predicted molar refractivity (Wildman–Crippen MR) is 95.5 cm³/mol. The highest BCUT2D eigenvalue weighted by Gasteiger charge is 2.17. The molecule has 26 heavy (non-hydrogen) atoms. The molecule has 0 aliphatic heterocycles. The highest BCUT2D eigenvalue weighted by Crippen LogP contribution is 2.22. The zero-order valence-electron chi connectivity index (χ0n) is 14.2. The Bertz CT molecular complexity index is 1220. The van der Waals surface area contributed by atoms with Crippen LogP contribution in [0.2, 0.25) is 0 Å². The number of nitrogens with two attached hydrogens (primary N) is 1. The van der Waals surface area contributed by atoms with E-state index in [-0.39, 0.29) is 18.1 Å². The van der Waals surface area contributed by atoms with E-state index in [1.54, 1.807) is 43.1 Å². The molecule has 3 N–H and O–H groups in total. The summed E-state index contributed by atoms with van der Waals surface area (Å²) in [5.41, 5.74) is 9.77. The third kappa shape index (κ3) is 2.41. The number of carbonyl (C=O) groups excluding carboxylic acids is 1. The van der Waals surface area contributed by atoms with Crippen LogP contribution in [0.1, 0.15) is 16.1 Å². The van der Waals surface area contributed by atoms with Gasteiger partial charge in [0.2, 0.25) is 0 Å². The maximum atomic E-state index is 12.6. The van der Waals surface area contributed by atoms with E-state index in [9.17, 15) is 9.59 Å². The van der Waals surface area contributed by atoms with Gasteiger partial charge in [0.25, 0.3) is 5.91 Å². The monoisotopic (exact) mass is 352 g/mol. The summed E-state index contributed by atoms with van der Waals surface area (Å²) in [5.74, 6) is -0.759. The second-order valence-electron chi connectivity index (χ2n) is 6.03. The van der Waals surface area contributed by atoms with Crippen LogP contribution < -0.4 is 16.8 Å². The number of aromatic nitrogens is 4. The molecule has 1 aromatic carbocycles. The van der Waals surface area contributed by atoms with Crippen LogP contribution in [0.4, 0.5) is 5.69 Å². The van der Waals surface area contributed by atoms with Crippen molar-refractivity contribution in [3.8, 4) is 0 Å². The fourth-order valence-corrected chi connectivity index (χ4v) is 2.97. The molecule has 0 saturated heterocycles. The third-order valence-electron chi connectivity index (χ3n) is 4.31. The van der Waals surface area contributed by atoms with E-state index in [0.29, 0.717) is 27.8 Å².